The molecule has 0 aliphatic carbocycles. The van der Waals surface area contributed by atoms with Crippen molar-refractivity contribution in [2.24, 2.45) is 17.3 Å². The molecule has 1 saturated heterocycles. The average Bonchev–Trinajstić information content (AvgIpc) is 2.28. The molecule has 0 aromatic heterocycles. The zero-order valence-electron chi connectivity index (χ0n) is 12.8. The van der Waals surface area contributed by atoms with Crippen LogP contribution in [0.1, 0.15) is 47.0 Å². The second kappa shape index (κ2) is 6.55. The molecular formula is C15H30N2O. The van der Waals surface area contributed by atoms with E-state index in [0.717, 1.165) is 19.6 Å². The van der Waals surface area contributed by atoms with Gasteiger partial charge in [0, 0.05) is 20.0 Å². The quantitative estimate of drug-likeness (QED) is 0.836. The maximum Gasteiger partial charge on any atom is 0.222 e. The van der Waals surface area contributed by atoms with E-state index in [1.807, 2.05) is 11.9 Å². The molecule has 0 bridgehead atoms. The van der Waals surface area contributed by atoms with Crippen molar-refractivity contribution in [3.63, 3.8) is 0 Å². The summed E-state index contributed by atoms with van der Waals surface area (Å²) in [4.78, 5) is 14.1. The Morgan fingerprint density at radius 2 is 2.11 bits per heavy atom. The molecule has 0 aromatic rings. The average molecular weight is 254 g/mol. The van der Waals surface area contributed by atoms with Gasteiger partial charge < -0.3 is 10.2 Å². The minimum Gasteiger partial charge on any atom is -0.345 e. The molecule has 0 aromatic carbocycles. The van der Waals surface area contributed by atoms with Crippen LogP contribution in [-0.2, 0) is 4.79 Å². The van der Waals surface area contributed by atoms with Crippen LogP contribution in [0.3, 0.4) is 0 Å². The standard InChI is InChI=1S/C15H30N2O/c1-12(15(2,3)4)9-14(18)17(5)11-13-7-6-8-16-10-13/h12-13,16H,6-11H2,1-5H3. The van der Waals surface area contributed by atoms with E-state index < -0.39 is 0 Å². The molecule has 1 rings (SSSR count). The number of nitrogens with zero attached hydrogens (tertiary/aromatic N) is 1. The number of rotatable bonds is 4. The number of carbonyl (C=O) groups is 1. The molecule has 2 unspecified atom stereocenters. The van der Waals surface area contributed by atoms with Crippen molar-refractivity contribution in [3.05, 3.63) is 0 Å². The number of hydrogen-bond donors (Lipinski definition) is 1. The normalized spacial score (nSPS) is 22.6. The summed E-state index contributed by atoms with van der Waals surface area (Å²) < 4.78 is 0. The van der Waals surface area contributed by atoms with Crippen LogP contribution in [0.15, 0.2) is 0 Å². The van der Waals surface area contributed by atoms with E-state index in [1.54, 1.807) is 0 Å². The first-order valence-corrected chi connectivity index (χ1v) is 7.25. The maximum absolute atomic E-state index is 12.2. The molecule has 2 atom stereocenters. The summed E-state index contributed by atoms with van der Waals surface area (Å²) in [7, 11) is 1.95. The Hall–Kier alpha value is -0.570. The molecule has 1 aliphatic heterocycles. The third-order valence-corrected chi connectivity index (χ3v) is 4.32. The van der Waals surface area contributed by atoms with Gasteiger partial charge in [-0.05, 0) is 43.2 Å². The molecule has 3 nitrogen and oxygen atoms in total. The summed E-state index contributed by atoms with van der Waals surface area (Å²) >= 11 is 0. The van der Waals surface area contributed by atoms with E-state index in [9.17, 15) is 4.79 Å². The summed E-state index contributed by atoms with van der Waals surface area (Å²) in [6.07, 6.45) is 3.16. The zero-order chi connectivity index (χ0) is 13.8. The molecule has 18 heavy (non-hydrogen) atoms. The van der Waals surface area contributed by atoms with Crippen molar-refractivity contribution in [3.8, 4) is 0 Å². The minimum absolute atomic E-state index is 0.211. The first-order chi connectivity index (χ1) is 8.30. The second-order valence-electron chi connectivity index (χ2n) is 6.96. The van der Waals surface area contributed by atoms with Gasteiger partial charge >= 0.3 is 0 Å². The van der Waals surface area contributed by atoms with E-state index in [2.05, 4.69) is 33.0 Å². The smallest absolute Gasteiger partial charge is 0.222 e. The van der Waals surface area contributed by atoms with Gasteiger partial charge in [-0.25, -0.2) is 0 Å². The molecule has 0 radical (unpaired) electrons. The topological polar surface area (TPSA) is 32.3 Å². The number of nitrogens with one attached hydrogen (secondary N) is 1. The van der Waals surface area contributed by atoms with E-state index in [-0.39, 0.29) is 5.41 Å². The first kappa shape index (κ1) is 15.5. The van der Waals surface area contributed by atoms with E-state index >= 15 is 0 Å². The van der Waals surface area contributed by atoms with E-state index in [4.69, 9.17) is 0 Å². The van der Waals surface area contributed by atoms with Gasteiger partial charge in [0.05, 0.1) is 0 Å². The minimum atomic E-state index is 0.211. The van der Waals surface area contributed by atoms with Gasteiger partial charge in [-0.15, -0.1) is 0 Å². The van der Waals surface area contributed by atoms with Crippen LogP contribution in [-0.4, -0.2) is 37.5 Å². The number of carbonyl (C=O) groups excluding carboxylic acids is 1. The fourth-order valence-corrected chi connectivity index (χ4v) is 2.29. The SMILES string of the molecule is CC(CC(=O)N(C)CC1CCCNC1)C(C)(C)C. The van der Waals surface area contributed by atoms with Crippen molar-refractivity contribution in [2.75, 3.05) is 26.7 Å². The maximum atomic E-state index is 12.2. The van der Waals surface area contributed by atoms with Crippen molar-refractivity contribution in [2.45, 2.75) is 47.0 Å². The van der Waals surface area contributed by atoms with Crippen LogP contribution < -0.4 is 5.32 Å². The van der Waals surface area contributed by atoms with Gasteiger partial charge in [0.2, 0.25) is 5.91 Å². The molecule has 1 fully saturated rings. The molecule has 0 spiro atoms. The van der Waals surface area contributed by atoms with Crippen LogP contribution >= 0.6 is 0 Å². The Balaban J connectivity index is 2.36. The monoisotopic (exact) mass is 254 g/mol. The third kappa shape index (κ3) is 4.97. The van der Waals surface area contributed by atoms with Gasteiger partial charge in [-0.1, -0.05) is 27.7 Å². The molecule has 1 N–H and O–H groups in total. The lowest BCUT2D eigenvalue weighted by Crippen LogP contribution is -2.40. The summed E-state index contributed by atoms with van der Waals surface area (Å²) in [5.74, 6) is 1.36. The zero-order valence-corrected chi connectivity index (χ0v) is 12.8. The van der Waals surface area contributed by atoms with Gasteiger partial charge in [-0.2, -0.15) is 0 Å². The Kier molecular flexibility index (Phi) is 5.64. The second-order valence-corrected chi connectivity index (χ2v) is 6.96. The molecular weight excluding hydrogens is 224 g/mol. The highest BCUT2D eigenvalue weighted by Gasteiger charge is 2.25. The van der Waals surface area contributed by atoms with Crippen LogP contribution in [0, 0.1) is 17.3 Å². The summed E-state index contributed by atoms with van der Waals surface area (Å²) in [5, 5.41) is 3.41. The fraction of sp³-hybridized carbons (Fsp3) is 0.933. The lowest BCUT2D eigenvalue weighted by molar-refractivity contribution is -0.132. The van der Waals surface area contributed by atoms with Gasteiger partial charge in [0.15, 0.2) is 0 Å². The highest BCUT2D eigenvalue weighted by molar-refractivity contribution is 5.76. The Morgan fingerprint density at radius 1 is 1.44 bits per heavy atom. The predicted octanol–water partition coefficient (Wildman–Crippen LogP) is 2.52. The van der Waals surface area contributed by atoms with Gasteiger partial charge in [0.1, 0.15) is 0 Å². The number of piperidine rings is 1. The lowest BCUT2D eigenvalue weighted by Gasteiger charge is -2.31. The van der Waals surface area contributed by atoms with Crippen LogP contribution in [0.4, 0.5) is 0 Å². The number of amides is 1. The highest BCUT2D eigenvalue weighted by Crippen LogP contribution is 2.28. The van der Waals surface area contributed by atoms with Gasteiger partial charge in [0.25, 0.3) is 0 Å². The van der Waals surface area contributed by atoms with Crippen molar-refractivity contribution < 1.29 is 4.79 Å². The van der Waals surface area contributed by atoms with Crippen molar-refractivity contribution in [1.82, 2.24) is 10.2 Å². The van der Waals surface area contributed by atoms with Crippen LogP contribution in [0.2, 0.25) is 0 Å². The largest absolute Gasteiger partial charge is 0.345 e. The Labute approximate surface area is 112 Å². The summed E-state index contributed by atoms with van der Waals surface area (Å²) in [6, 6.07) is 0. The van der Waals surface area contributed by atoms with Crippen LogP contribution in [0.25, 0.3) is 0 Å². The summed E-state index contributed by atoms with van der Waals surface area (Å²) in [5.41, 5.74) is 0.211. The van der Waals surface area contributed by atoms with E-state index in [1.165, 1.54) is 12.8 Å². The summed E-state index contributed by atoms with van der Waals surface area (Å²) in [6.45, 7) is 11.9. The predicted molar refractivity (Wildman–Crippen MR) is 76.5 cm³/mol. The van der Waals surface area contributed by atoms with Crippen molar-refractivity contribution in [1.29, 1.82) is 0 Å². The highest BCUT2D eigenvalue weighted by atomic mass is 16.2. The van der Waals surface area contributed by atoms with E-state index in [0.29, 0.717) is 24.2 Å². The Bertz CT molecular complexity index is 264. The van der Waals surface area contributed by atoms with Crippen molar-refractivity contribution >= 4 is 5.91 Å². The molecule has 1 amide bonds. The number of hydrogen-bond acceptors (Lipinski definition) is 2. The molecule has 1 aliphatic rings. The first-order valence-electron chi connectivity index (χ1n) is 7.25. The molecule has 0 saturated carbocycles. The Morgan fingerprint density at radius 3 is 2.61 bits per heavy atom. The van der Waals surface area contributed by atoms with Gasteiger partial charge in [-0.3, -0.25) is 4.79 Å². The fourth-order valence-electron chi connectivity index (χ4n) is 2.29. The van der Waals surface area contributed by atoms with Crippen LogP contribution in [0.5, 0.6) is 0 Å². The lowest BCUT2D eigenvalue weighted by atomic mass is 9.80. The molecule has 1 heterocycles. The third-order valence-electron chi connectivity index (χ3n) is 4.32. The molecule has 3 heteroatoms. The molecule has 106 valence electrons.